The minimum Gasteiger partial charge on any atom is -0.387 e. The Morgan fingerprint density at radius 3 is 2.39 bits per heavy atom. The number of ether oxygens (including phenoxy) is 1. The molecule has 0 saturated carbocycles. The number of aliphatic hydroxyl groups is 2. The van der Waals surface area contributed by atoms with Gasteiger partial charge in [-0.1, -0.05) is 11.8 Å². The number of hydrogen-bond donors (Lipinski definition) is 7. The number of hydrogen-bond acceptors (Lipinski definition) is 14. The third kappa shape index (κ3) is 6.36. The van der Waals surface area contributed by atoms with Crippen molar-refractivity contribution < 1.29 is 61.4 Å². The van der Waals surface area contributed by atoms with E-state index in [0.717, 1.165) is 0 Å². The number of phosphoric ester groups is 1. The molecular weight excluding hydrogens is 535 g/mol. The topological polar surface area (TPSA) is 279 Å². The van der Waals surface area contributed by atoms with Gasteiger partial charge in [0.15, 0.2) is 22.8 Å². The van der Waals surface area contributed by atoms with Gasteiger partial charge in [-0.2, -0.15) is 8.62 Å². The number of thioether (sulfide) groups is 1. The van der Waals surface area contributed by atoms with Crippen molar-refractivity contribution in [1.82, 2.24) is 19.5 Å². The smallest absolute Gasteiger partial charge is 0.387 e. The Bertz CT molecular complexity index is 1170. The Kier molecular flexibility index (Phi) is 7.71. The monoisotopic (exact) mass is 553 g/mol. The number of aliphatic hydroxyl groups excluding tert-OH is 2. The number of nitrogens with zero attached hydrogens (tertiary/aromatic N) is 4. The van der Waals surface area contributed by atoms with Crippen molar-refractivity contribution in [3.63, 3.8) is 0 Å². The second-order valence-electron chi connectivity index (χ2n) is 6.35. The molecule has 18 nitrogen and oxygen atoms in total. The Labute approximate surface area is 188 Å². The number of nitrogen functional groups attached to an aromatic ring is 1. The van der Waals surface area contributed by atoms with E-state index in [1.54, 1.807) is 6.26 Å². The van der Waals surface area contributed by atoms with Crippen LogP contribution in [0.3, 0.4) is 0 Å². The van der Waals surface area contributed by atoms with Gasteiger partial charge in [-0.15, -0.1) is 0 Å². The average molecular weight is 553 g/mol. The van der Waals surface area contributed by atoms with Gasteiger partial charge in [0.1, 0.15) is 23.8 Å². The number of aromatic nitrogens is 4. The summed E-state index contributed by atoms with van der Waals surface area (Å²) in [7, 11) is -16.7. The van der Waals surface area contributed by atoms with Gasteiger partial charge in [-0.05, 0) is 6.26 Å². The fourth-order valence-electron chi connectivity index (χ4n) is 2.76. The average Bonchev–Trinajstić information content (AvgIpc) is 3.19. The third-order valence-corrected chi connectivity index (χ3v) is 8.39. The second-order valence-corrected chi connectivity index (χ2v) is 11.5. The lowest BCUT2D eigenvalue weighted by Crippen LogP contribution is -2.33. The van der Waals surface area contributed by atoms with Crippen LogP contribution in [-0.2, 0) is 31.6 Å². The molecule has 0 amide bonds. The van der Waals surface area contributed by atoms with E-state index in [-0.39, 0.29) is 17.0 Å². The third-order valence-electron chi connectivity index (χ3n) is 4.04. The zero-order valence-electron chi connectivity index (χ0n) is 16.3. The Morgan fingerprint density at radius 2 is 1.79 bits per heavy atom. The second kappa shape index (κ2) is 9.56. The maximum absolute atomic E-state index is 11.9. The minimum absolute atomic E-state index is 0.0559. The molecule has 2 aromatic heterocycles. The van der Waals surface area contributed by atoms with Crippen LogP contribution in [0, 0.1) is 0 Å². The van der Waals surface area contributed by atoms with Crippen LogP contribution < -0.4 is 5.73 Å². The summed E-state index contributed by atoms with van der Waals surface area (Å²) < 4.78 is 52.2. The van der Waals surface area contributed by atoms with E-state index in [1.165, 1.54) is 22.7 Å². The lowest BCUT2D eigenvalue weighted by Gasteiger charge is -2.19. The van der Waals surface area contributed by atoms with Crippen molar-refractivity contribution in [2.45, 2.75) is 29.7 Å². The molecule has 3 heterocycles. The summed E-state index contributed by atoms with van der Waals surface area (Å²) >= 11 is 1.18. The number of phosphoric acid groups is 3. The first kappa shape index (κ1) is 26.6. The summed E-state index contributed by atoms with van der Waals surface area (Å²) in [4.78, 5) is 48.0. The largest absolute Gasteiger partial charge is 0.490 e. The lowest BCUT2D eigenvalue weighted by atomic mass is 10.1. The molecule has 0 aromatic carbocycles. The first-order valence-corrected chi connectivity index (χ1v) is 14.2. The fraction of sp³-hybridized carbons (Fsp3) is 0.545. The van der Waals surface area contributed by atoms with Gasteiger partial charge in [0, 0.05) is 0 Å². The molecule has 33 heavy (non-hydrogen) atoms. The summed E-state index contributed by atoms with van der Waals surface area (Å²) in [5.41, 5.74) is 6.18. The van der Waals surface area contributed by atoms with Crippen LogP contribution in [0.2, 0.25) is 0 Å². The van der Waals surface area contributed by atoms with E-state index in [0.29, 0.717) is 5.16 Å². The Balaban J connectivity index is 1.73. The van der Waals surface area contributed by atoms with Crippen LogP contribution in [0.25, 0.3) is 11.2 Å². The van der Waals surface area contributed by atoms with Crippen molar-refractivity contribution in [1.29, 1.82) is 0 Å². The fourth-order valence-corrected chi connectivity index (χ4v) is 6.16. The zero-order valence-corrected chi connectivity index (χ0v) is 19.8. The van der Waals surface area contributed by atoms with Crippen LogP contribution in [0.5, 0.6) is 0 Å². The van der Waals surface area contributed by atoms with Gasteiger partial charge in [0.05, 0.1) is 12.9 Å². The van der Waals surface area contributed by atoms with E-state index in [1.807, 2.05) is 0 Å². The first-order valence-electron chi connectivity index (χ1n) is 8.46. The molecule has 186 valence electrons. The molecule has 2 unspecified atom stereocenters. The minimum atomic E-state index is -5.71. The summed E-state index contributed by atoms with van der Waals surface area (Å²) in [6, 6.07) is 0. The molecule has 0 aliphatic carbocycles. The van der Waals surface area contributed by atoms with Crippen LogP contribution in [-0.4, -0.2) is 80.5 Å². The Hall–Kier alpha value is -1.01. The van der Waals surface area contributed by atoms with Crippen molar-refractivity contribution in [2.75, 3.05) is 18.6 Å². The maximum atomic E-state index is 11.9. The van der Waals surface area contributed by atoms with E-state index >= 15 is 0 Å². The standard InChI is InChI=1S/C11H18N5O13P3S/c1-33-11-14-8(12)5-9(15-11)16(3-13-5)10-7(18)6(17)4(27-10)2-26-31(22,23)29-32(24,25)28-30(19,20)21/h3-4,6-7,10,17-18H,2H2,1H3,(H,22,23)(H,24,25)(H2,12,14,15)(H2,19,20,21)/t4-,6+,7+,10+/m0/s1. The number of fused-ring (bicyclic) bond motifs is 1. The maximum Gasteiger partial charge on any atom is 0.490 e. The predicted octanol–water partition coefficient (Wildman–Crippen LogP) is -0.907. The van der Waals surface area contributed by atoms with E-state index in [4.69, 9.17) is 25.2 Å². The molecule has 2 aromatic rings. The van der Waals surface area contributed by atoms with Crippen molar-refractivity contribution in [3.05, 3.63) is 6.33 Å². The van der Waals surface area contributed by atoms with Gasteiger partial charge >= 0.3 is 23.5 Å². The van der Waals surface area contributed by atoms with Gasteiger partial charge in [-0.25, -0.2) is 28.6 Å². The van der Waals surface area contributed by atoms with Gasteiger partial charge in [-0.3, -0.25) is 9.09 Å². The van der Waals surface area contributed by atoms with Crippen LogP contribution in [0.4, 0.5) is 5.82 Å². The molecule has 0 radical (unpaired) electrons. The van der Waals surface area contributed by atoms with Gasteiger partial charge in [0.25, 0.3) is 0 Å². The van der Waals surface area contributed by atoms with E-state index in [9.17, 15) is 28.8 Å². The van der Waals surface area contributed by atoms with Crippen LogP contribution in [0.15, 0.2) is 11.5 Å². The summed E-state index contributed by atoms with van der Waals surface area (Å²) in [6.07, 6.45) is -3.14. The Morgan fingerprint density at radius 1 is 1.12 bits per heavy atom. The summed E-state index contributed by atoms with van der Waals surface area (Å²) in [5.74, 6) is 0.0559. The highest BCUT2D eigenvalue weighted by molar-refractivity contribution is 7.98. The highest BCUT2D eigenvalue weighted by Gasteiger charge is 2.47. The highest BCUT2D eigenvalue weighted by Crippen LogP contribution is 2.66. The molecule has 1 saturated heterocycles. The first-order chi connectivity index (χ1) is 15.1. The quantitative estimate of drug-likeness (QED) is 0.112. The van der Waals surface area contributed by atoms with Crippen molar-refractivity contribution in [2.24, 2.45) is 0 Å². The van der Waals surface area contributed by atoms with E-state index < -0.39 is 54.6 Å². The molecule has 0 bridgehead atoms. The number of anilines is 1. The summed E-state index contributed by atoms with van der Waals surface area (Å²) in [6.45, 7) is -0.960. The van der Waals surface area contributed by atoms with Crippen molar-refractivity contribution in [3.8, 4) is 0 Å². The summed E-state index contributed by atoms with van der Waals surface area (Å²) in [5, 5.41) is 20.9. The van der Waals surface area contributed by atoms with Crippen molar-refractivity contribution >= 4 is 52.2 Å². The molecule has 6 atom stereocenters. The molecule has 3 rings (SSSR count). The molecule has 1 aliphatic rings. The highest BCUT2D eigenvalue weighted by atomic mass is 32.2. The SMILES string of the molecule is CSc1nc(N)c2ncn([C@@H]3O[C@@H](COP(=O)(O)OP(=O)(O)OP(=O)(O)O)[C@@H](O)[C@H]3O)c2n1. The lowest BCUT2D eigenvalue weighted by molar-refractivity contribution is -0.0503. The normalized spacial score (nSPS) is 27.5. The molecule has 22 heteroatoms. The molecular formula is C11H18N5O13P3S. The zero-order chi connectivity index (χ0) is 24.8. The number of imidazole rings is 1. The molecule has 1 fully saturated rings. The molecule has 1 aliphatic heterocycles. The number of nitrogens with two attached hydrogens (primary N) is 1. The van der Waals surface area contributed by atoms with E-state index in [2.05, 4.69) is 28.1 Å². The van der Waals surface area contributed by atoms with Crippen LogP contribution >= 0.6 is 35.2 Å². The van der Waals surface area contributed by atoms with Gasteiger partial charge in [0.2, 0.25) is 0 Å². The van der Waals surface area contributed by atoms with Crippen LogP contribution in [0.1, 0.15) is 6.23 Å². The number of rotatable bonds is 9. The molecule has 0 spiro atoms. The molecule has 8 N–H and O–H groups in total. The van der Waals surface area contributed by atoms with Gasteiger partial charge < -0.3 is 40.3 Å². The predicted molar refractivity (Wildman–Crippen MR) is 107 cm³/mol.